The number of hydrogen-bond donors (Lipinski definition) is 4. The van der Waals surface area contributed by atoms with E-state index >= 15 is 0 Å². The van der Waals surface area contributed by atoms with Crippen LogP contribution in [0, 0.1) is 0 Å². The van der Waals surface area contributed by atoms with Crippen molar-refractivity contribution in [2.24, 2.45) is 0 Å². The van der Waals surface area contributed by atoms with Gasteiger partial charge in [0.05, 0.1) is 0 Å². The maximum absolute atomic E-state index is 12.5. The van der Waals surface area contributed by atoms with Crippen molar-refractivity contribution < 1.29 is 19.2 Å². The summed E-state index contributed by atoms with van der Waals surface area (Å²) in [4.78, 5) is 62.8. The van der Waals surface area contributed by atoms with Crippen LogP contribution in [0.2, 0.25) is 0 Å². The molecule has 4 bridgehead atoms. The SMILES string of the molecule is CN1CCCNC(=O)c2cccc(n2)C(=O)NCCCN(C)CCCNC(=O)c2cccc(n2)C(=O)NCCC1. The van der Waals surface area contributed by atoms with Gasteiger partial charge in [0.2, 0.25) is 0 Å². The lowest BCUT2D eigenvalue weighted by atomic mass is 10.2. The van der Waals surface area contributed by atoms with Crippen LogP contribution in [0.15, 0.2) is 36.4 Å². The summed E-state index contributed by atoms with van der Waals surface area (Å²) in [6, 6.07) is 9.68. The molecule has 12 heteroatoms. The van der Waals surface area contributed by atoms with Gasteiger partial charge in [-0.1, -0.05) is 12.1 Å². The van der Waals surface area contributed by atoms with Crippen molar-refractivity contribution in [1.82, 2.24) is 41.0 Å². The first-order valence-corrected chi connectivity index (χ1v) is 13.8. The van der Waals surface area contributed by atoms with Crippen molar-refractivity contribution in [3.63, 3.8) is 0 Å². The fraction of sp³-hybridized carbons (Fsp3) is 0.500. The van der Waals surface area contributed by atoms with Gasteiger partial charge in [-0.3, -0.25) is 19.2 Å². The molecule has 0 fully saturated rings. The molecule has 2 aromatic rings. The summed E-state index contributed by atoms with van der Waals surface area (Å²) in [5.41, 5.74) is 0.821. The van der Waals surface area contributed by atoms with Crippen molar-refractivity contribution in [2.75, 3.05) is 66.5 Å². The van der Waals surface area contributed by atoms with Crippen molar-refractivity contribution in [1.29, 1.82) is 0 Å². The van der Waals surface area contributed by atoms with Gasteiger partial charge in [0, 0.05) is 26.2 Å². The van der Waals surface area contributed by atoms with E-state index in [0.717, 1.165) is 51.9 Å². The molecule has 0 spiro atoms. The number of nitrogens with one attached hydrogen (secondary N) is 4. The van der Waals surface area contributed by atoms with Crippen molar-refractivity contribution in [3.05, 3.63) is 59.2 Å². The third-order valence-electron chi connectivity index (χ3n) is 6.44. The summed E-state index contributed by atoms with van der Waals surface area (Å²) in [6.45, 7) is 4.94. The van der Waals surface area contributed by atoms with Crippen LogP contribution in [0.5, 0.6) is 0 Å². The lowest BCUT2D eigenvalue weighted by Crippen LogP contribution is -2.33. The molecule has 4 N–H and O–H groups in total. The Hall–Kier alpha value is -3.90. The Morgan fingerprint density at radius 1 is 0.500 bits per heavy atom. The molecule has 0 unspecified atom stereocenters. The average molecular weight is 553 g/mol. The summed E-state index contributed by atoms with van der Waals surface area (Å²) >= 11 is 0. The Morgan fingerprint density at radius 3 is 1.00 bits per heavy atom. The number of amides is 4. The first kappa shape index (κ1) is 30.6. The van der Waals surface area contributed by atoms with Crippen LogP contribution in [-0.2, 0) is 0 Å². The Balaban J connectivity index is 1.58. The number of carbonyl (C=O) groups excluding carboxylic acids is 4. The predicted molar refractivity (Wildman–Crippen MR) is 151 cm³/mol. The van der Waals surface area contributed by atoms with E-state index < -0.39 is 0 Å². The highest BCUT2D eigenvalue weighted by Crippen LogP contribution is 2.02. The van der Waals surface area contributed by atoms with Gasteiger partial charge in [0.15, 0.2) is 0 Å². The van der Waals surface area contributed by atoms with Crippen molar-refractivity contribution in [2.45, 2.75) is 25.7 Å². The van der Waals surface area contributed by atoms with Gasteiger partial charge in [-0.2, -0.15) is 0 Å². The molecule has 4 amide bonds. The summed E-state index contributed by atoms with van der Waals surface area (Å²) in [7, 11) is 3.96. The van der Waals surface area contributed by atoms with Gasteiger partial charge in [-0.15, -0.1) is 0 Å². The third kappa shape index (κ3) is 10.3. The van der Waals surface area contributed by atoms with E-state index in [1.807, 2.05) is 14.1 Å². The predicted octanol–water partition coefficient (Wildman–Crippen LogP) is 0.534. The minimum atomic E-state index is -0.316. The minimum absolute atomic E-state index is 0.205. The third-order valence-corrected chi connectivity index (χ3v) is 6.44. The van der Waals surface area contributed by atoms with Crippen LogP contribution < -0.4 is 21.3 Å². The second kappa shape index (κ2) is 16.3. The van der Waals surface area contributed by atoms with Crippen LogP contribution in [0.1, 0.15) is 67.6 Å². The summed E-state index contributed by atoms with van der Waals surface area (Å²) in [6.07, 6.45) is 2.95. The van der Waals surface area contributed by atoms with Gasteiger partial charge in [0.25, 0.3) is 23.6 Å². The molecule has 0 aliphatic carbocycles. The Labute approximate surface area is 235 Å². The normalized spacial score (nSPS) is 18.9. The number of nitrogens with zero attached hydrogens (tertiary/aromatic N) is 4. The molecule has 0 radical (unpaired) electrons. The molecule has 1 aliphatic heterocycles. The lowest BCUT2D eigenvalue weighted by molar-refractivity contribution is 0.0928. The molecule has 2 aromatic heterocycles. The van der Waals surface area contributed by atoms with Gasteiger partial charge < -0.3 is 31.1 Å². The topological polar surface area (TPSA) is 149 Å². The number of pyridine rings is 2. The van der Waals surface area contributed by atoms with E-state index in [1.165, 1.54) is 0 Å². The van der Waals surface area contributed by atoms with E-state index in [4.69, 9.17) is 0 Å². The number of hydrogen-bond acceptors (Lipinski definition) is 8. The zero-order chi connectivity index (χ0) is 28.7. The monoisotopic (exact) mass is 552 g/mol. The smallest absolute Gasteiger partial charge is 0.269 e. The zero-order valence-electron chi connectivity index (χ0n) is 23.4. The molecule has 0 saturated carbocycles. The van der Waals surface area contributed by atoms with Gasteiger partial charge in [-0.25, -0.2) is 9.97 Å². The summed E-state index contributed by atoms with van der Waals surface area (Å²) in [5.74, 6) is -1.26. The first-order valence-electron chi connectivity index (χ1n) is 13.8. The molecular formula is C28H40N8O4. The molecule has 216 valence electrons. The fourth-order valence-corrected chi connectivity index (χ4v) is 4.16. The minimum Gasteiger partial charge on any atom is -0.351 e. The van der Waals surface area contributed by atoms with Crippen molar-refractivity contribution in [3.8, 4) is 0 Å². The number of fused-ring (bicyclic) bond motifs is 4. The summed E-state index contributed by atoms with van der Waals surface area (Å²) in [5, 5.41) is 11.4. The second-order valence-electron chi connectivity index (χ2n) is 9.86. The largest absolute Gasteiger partial charge is 0.351 e. The maximum atomic E-state index is 12.5. The van der Waals surface area contributed by atoms with Crippen LogP contribution in [0.4, 0.5) is 0 Å². The standard InChI is InChI=1S/C28H40N8O4/c1-35-17-5-13-29-25(37)21-9-3-11-23(33-21)27(39)31-15-7-19-36(2)20-8-16-32-28(40)24-12-4-10-22(34-24)26(38)30-14-6-18-35/h3-4,9-12H,5-8,13-20H2,1-2H3,(H,29,37)(H,30,38)(H,31,39)(H,32,40). The Bertz CT molecular complexity index is 991. The Morgan fingerprint density at radius 2 is 0.750 bits per heavy atom. The van der Waals surface area contributed by atoms with Crippen LogP contribution in [-0.4, -0.2) is 110 Å². The number of aromatic nitrogens is 2. The van der Waals surface area contributed by atoms with Gasteiger partial charge in [-0.05, 0) is 90.2 Å². The maximum Gasteiger partial charge on any atom is 0.269 e. The highest BCUT2D eigenvalue weighted by molar-refractivity contribution is 5.97. The van der Waals surface area contributed by atoms with E-state index in [1.54, 1.807) is 36.4 Å². The molecule has 40 heavy (non-hydrogen) atoms. The zero-order valence-corrected chi connectivity index (χ0v) is 23.4. The lowest BCUT2D eigenvalue weighted by Gasteiger charge is -2.17. The van der Waals surface area contributed by atoms with Crippen LogP contribution >= 0.6 is 0 Å². The van der Waals surface area contributed by atoms with Gasteiger partial charge >= 0.3 is 0 Å². The molecule has 0 aromatic carbocycles. The van der Waals surface area contributed by atoms with Gasteiger partial charge in [0.1, 0.15) is 22.8 Å². The molecule has 3 rings (SSSR count). The van der Waals surface area contributed by atoms with E-state index in [-0.39, 0.29) is 46.4 Å². The van der Waals surface area contributed by atoms with E-state index in [9.17, 15) is 19.2 Å². The quantitative estimate of drug-likeness (QED) is 0.370. The molecular weight excluding hydrogens is 512 g/mol. The van der Waals surface area contributed by atoms with E-state index in [2.05, 4.69) is 41.0 Å². The molecule has 0 saturated heterocycles. The number of rotatable bonds is 0. The number of carbonyl (C=O) groups is 4. The molecule has 12 nitrogen and oxygen atoms in total. The Kier molecular flexibility index (Phi) is 12.5. The van der Waals surface area contributed by atoms with Crippen LogP contribution in [0.25, 0.3) is 0 Å². The average Bonchev–Trinajstić information content (AvgIpc) is 2.97. The molecule has 1 aliphatic rings. The van der Waals surface area contributed by atoms with Crippen molar-refractivity contribution >= 4 is 23.6 Å². The highest BCUT2D eigenvalue weighted by Gasteiger charge is 2.14. The van der Waals surface area contributed by atoms with Crippen LogP contribution in [0.3, 0.4) is 0 Å². The second-order valence-corrected chi connectivity index (χ2v) is 9.86. The highest BCUT2D eigenvalue weighted by atomic mass is 16.2. The molecule has 0 atom stereocenters. The molecule has 3 heterocycles. The summed E-state index contributed by atoms with van der Waals surface area (Å²) < 4.78 is 0. The first-order chi connectivity index (χ1) is 19.3. The van der Waals surface area contributed by atoms with E-state index in [0.29, 0.717) is 26.2 Å². The fourth-order valence-electron chi connectivity index (χ4n) is 4.16.